The first-order valence-corrected chi connectivity index (χ1v) is 6.76. The molecule has 2 heterocycles. The van der Waals surface area contributed by atoms with Crippen LogP contribution in [0.15, 0.2) is 24.4 Å². The van der Waals surface area contributed by atoms with E-state index in [1.165, 1.54) is 18.9 Å². The summed E-state index contributed by atoms with van der Waals surface area (Å²) >= 11 is 6.06. The predicted octanol–water partition coefficient (Wildman–Crippen LogP) is 3.99. The number of hydrogen-bond acceptors (Lipinski definition) is 3. The van der Waals surface area contributed by atoms with Crippen LogP contribution in [0.5, 0.6) is 0 Å². The van der Waals surface area contributed by atoms with Crippen molar-refractivity contribution in [1.82, 2.24) is 15.0 Å². The lowest BCUT2D eigenvalue weighted by Gasteiger charge is -2.10. The molecule has 5 heteroatoms. The van der Waals surface area contributed by atoms with E-state index in [1.807, 2.05) is 6.07 Å². The third-order valence-electron chi connectivity index (χ3n) is 3.44. The van der Waals surface area contributed by atoms with E-state index in [9.17, 15) is 4.39 Å². The number of aromatic nitrogens is 3. The minimum atomic E-state index is -0.373. The molecule has 3 rings (SSSR count). The van der Waals surface area contributed by atoms with Crippen LogP contribution in [0.4, 0.5) is 4.39 Å². The molecular formula is C14H13ClFN3. The van der Waals surface area contributed by atoms with Crippen LogP contribution in [0.2, 0.25) is 5.15 Å². The first-order chi connectivity index (χ1) is 9.22. The average molecular weight is 278 g/mol. The first-order valence-electron chi connectivity index (χ1n) is 6.39. The second-order valence-electron chi connectivity index (χ2n) is 4.78. The van der Waals surface area contributed by atoms with Crippen LogP contribution < -0.4 is 0 Å². The molecule has 0 saturated heterocycles. The lowest BCUT2D eigenvalue weighted by molar-refractivity contribution is 0.621. The number of pyridine rings is 1. The second-order valence-corrected chi connectivity index (χ2v) is 5.17. The van der Waals surface area contributed by atoms with E-state index < -0.39 is 0 Å². The fourth-order valence-electron chi connectivity index (χ4n) is 2.49. The SMILES string of the molecule is Fc1ccc(-c2nc(Cl)cc(C3CCCC3)n2)nc1. The second kappa shape index (κ2) is 5.21. The Morgan fingerprint density at radius 3 is 2.63 bits per heavy atom. The van der Waals surface area contributed by atoms with Crippen LogP contribution >= 0.6 is 11.6 Å². The smallest absolute Gasteiger partial charge is 0.179 e. The highest BCUT2D eigenvalue weighted by Gasteiger charge is 2.20. The van der Waals surface area contributed by atoms with Crippen molar-refractivity contribution in [2.24, 2.45) is 0 Å². The molecule has 1 aliphatic rings. The minimum absolute atomic E-state index is 0.373. The monoisotopic (exact) mass is 277 g/mol. The van der Waals surface area contributed by atoms with Gasteiger partial charge in [0.2, 0.25) is 0 Å². The summed E-state index contributed by atoms with van der Waals surface area (Å²) in [7, 11) is 0. The summed E-state index contributed by atoms with van der Waals surface area (Å²) in [4.78, 5) is 12.7. The molecule has 2 aromatic heterocycles. The highest BCUT2D eigenvalue weighted by atomic mass is 35.5. The lowest BCUT2D eigenvalue weighted by Crippen LogP contribution is -2.01. The van der Waals surface area contributed by atoms with Gasteiger partial charge in [-0.2, -0.15) is 0 Å². The molecule has 98 valence electrons. The molecule has 3 nitrogen and oxygen atoms in total. The summed E-state index contributed by atoms with van der Waals surface area (Å²) in [6, 6.07) is 4.74. The molecule has 19 heavy (non-hydrogen) atoms. The molecule has 0 atom stereocenters. The van der Waals surface area contributed by atoms with E-state index in [1.54, 1.807) is 6.07 Å². The number of halogens is 2. The standard InChI is InChI=1S/C14H13ClFN3/c15-13-7-12(9-3-1-2-4-9)18-14(19-13)11-6-5-10(16)8-17-11/h5-9H,1-4H2. The highest BCUT2D eigenvalue weighted by Crippen LogP contribution is 2.34. The number of rotatable bonds is 2. The van der Waals surface area contributed by atoms with Crippen LogP contribution in [0.25, 0.3) is 11.5 Å². The third kappa shape index (κ3) is 2.73. The molecule has 0 aliphatic heterocycles. The molecule has 0 bridgehead atoms. The Hall–Kier alpha value is -1.55. The van der Waals surface area contributed by atoms with Gasteiger partial charge < -0.3 is 0 Å². The highest BCUT2D eigenvalue weighted by molar-refractivity contribution is 6.29. The summed E-state index contributed by atoms with van der Waals surface area (Å²) < 4.78 is 12.9. The molecule has 0 radical (unpaired) electrons. The molecular weight excluding hydrogens is 265 g/mol. The zero-order valence-electron chi connectivity index (χ0n) is 10.3. The molecule has 1 fully saturated rings. The Labute approximate surface area is 115 Å². The quantitative estimate of drug-likeness (QED) is 0.779. The molecule has 0 N–H and O–H groups in total. The van der Waals surface area contributed by atoms with Crippen molar-refractivity contribution >= 4 is 11.6 Å². The van der Waals surface area contributed by atoms with E-state index >= 15 is 0 Å². The Balaban J connectivity index is 1.99. The van der Waals surface area contributed by atoms with Gasteiger partial charge in [-0.25, -0.2) is 19.3 Å². The lowest BCUT2D eigenvalue weighted by atomic mass is 10.0. The van der Waals surface area contributed by atoms with Crippen molar-refractivity contribution in [3.8, 4) is 11.5 Å². The van der Waals surface area contributed by atoms with Gasteiger partial charge in [0, 0.05) is 11.6 Å². The Bertz CT molecular complexity index is 580. The fourth-order valence-corrected chi connectivity index (χ4v) is 2.68. The van der Waals surface area contributed by atoms with E-state index in [2.05, 4.69) is 15.0 Å². The summed E-state index contributed by atoms with van der Waals surface area (Å²) in [5.41, 5.74) is 1.52. The summed E-state index contributed by atoms with van der Waals surface area (Å²) in [5, 5.41) is 0.415. The van der Waals surface area contributed by atoms with Gasteiger partial charge in [-0.1, -0.05) is 24.4 Å². The van der Waals surface area contributed by atoms with Crippen LogP contribution in [-0.2, 0) is 0 Å². The van der Waals surface area contributed by atoms with Gasteiger partial charge in [0.1, 0.15) is 16.7 Å². The zero-order valence-corrected chi connectivity index (χ0v) is 11.1. The van der Waals surface area contributed by atoms with Crippen molar-refractivity contribution in [1.29, 1.82) is 0 Å². The van der Waals surface area contributed by atoms with Crippen LogP contribution in [0, 0.1) is 5.82 Å². The van der Waals surface area contributed by atoms with E-state index in [-0.39, 0.29) is 5.82 Å². The summed E-state index contributed by atoms with van der Waals surface area (Å²) in [6.07, 6.45) is 5.91. The molecule has 0 aromatic carbocycles. The van der Waals surface area contributed by atoms with Gasteiger partial charge >= 0.3 is 0 Å². The molecule has 1 saturated carbocycles. The van der Waals surface area contributed by atoms with Crippen molar-refractivity contribution in [3.63, 3.8) is 0 Å². The van der Waals surface area contributed by atoms with Crippen molar-refractivity contribution < 1.29 is 4.39 Å². The Kier molecular flexibility index (Phi) is 3.42. The first kappa shape index (κ1) is 12.5. The molecule has 0 unspecified atom stereocenters. The van der Waals surface area contributed by atoms with Crippen LogP contribution in [-0.4, -0.2) is 15.0 Å². The summed E-state index contributed by atoms with van der Waals surface area (Å²) in [6.45, 7) is 0. The van der Waals surface area contributed by atoms with Gasteiger partial charge in [0.15, 0.2) is 5.82 Å². The van der Waals surface area contributed by atoms with E-state index in [0.29, 0.717) is 22.6 Å². The summed E-state index contributed by atoms with van der Waals surface area (Å²) in [5.74, 6) is 0.552. The number of nitrogens with zero attached hydrogens (tertiary/aromatic N) is 3. The van der Waals surface area contributed by atoms with Crippen molar-refractivity contribution in [2.45, 2.75) is 31.6 Å². The van der Waals surface area contributed by atoms with E-state index in [0.717, 1.165) is 24.7 Å². The molecule has 0 amide bonds. The van der Waals surface area contributed by atoms with Gasteiger partial charge in [-0.05, 0) is 31.0 Å². The van der Waals surface area contributed by atoms with Crippen LogP contribution in [0.1, 0.15) is 37.3 Å². The maximum atomic E-state index is 12.9. The largest absolute Gasteiger partial charge is 0.250 e. The molecule has 0 spiro atoms. The Morgan fingerprint density at radius 1 is 1.16 bits per heavy atom. The van der Waals surface area contributed by atoms with Crippen molar-refractivity contribution in [3.05, 3.63) is 41.1 Å². The molecule has 2 aromatic rings. The zero-order chi connectivity index (χ0) is 13.2. The maximum Gasteiger partial charge on any atom is 0.179 e. The van der Waals surface area contributed by atoms with E-state index in [4.69, 9.17) is 11.6 Å². The third-order valence-corrected chi connectivity index (χ3v) is 3.64. The van der Waals surface area contributed by atoms with Gasteiger partial charge in [0.25, 0.3) is 0 Å². The normalized spacial score (nSPS) is 15.9. The van der Waals surface area contributed by atoms with Crippen molar-refractivity contribution in [2.75, 3.05) is 0 Å². The molecule has 1 aliphatic carbocycles. The fraction of sp³-hybridized carbons (Fsp3) is 0.357. The van der Waals surface area contributed by atoms with Crippen LogP contribution in [0.3, 0.4) is 0 Å². The van der Waals surface area contributed by atoms with Gasteiger partial charge in [-0.15, -0.1) is 0 Å². The van der Waals surface area contributed by atoms with Gasteiger partial charge in [-0.3, -0.25) is 0 Å². The Morgan fingerprint density at radius 2 is 1.95 bits per heavy atom. The van der Waals surface area contributed by atoms with Gasteiger partial charge in [0.05, 0.1) is 6.20 Å². The maximum absolute atomic E-state index is 12.9. The average Bonchev–Trinajstić information content (AvgIpc) is 2.93. The minimum Gasteiger partial charge on any atom is -0.250 e. The predicted molar refractivity (Wildman–Crippen MR) is 71.4 cm³/mol. The topological polar surface area (TPSA) is 38.7 Å². The number of hydrogen-bond donors (Lipinski definition) is 0.